The van der Waals surface area contributed by atoms with Crippen LogP contribution in [0.3, 0.4) is 0 Å². The molecule has 0 bridgehead atoms. The van der Waals surface area contributed by atoms with Gasteiger partial charge in [0.15, 0.2) is 0 Å². The Kier molecular flexibility index (Phi) is 5.02. The number of aliphatic hydroxyl groups is 1. The van der Waals surface area contributed by atoms with Crippen LogP contribution in [0.1, 0.15) is 17.2 Å². The monoisotopic (exact) mass is 392 g/mol. The van der Waals surface area contributed by atoms with Crippen molar-refractivity contribution in [1.82, 2.24) is 9.29 Å². The summed E-state index contributed by atoms with van der Waals surface area (Å²) in [6.07, 6.45) is 1.65. The lowest BCUT2D eigenvalue weighted by atomic mass is 10.1. The highest BCUT2D eigenvalue weighted by molar-refractivity contribution is 7.99. The molecule has 2 aliphatic rings. The zero-order chi connectivity index (χ0) is 18.1. The first kappa shape index (κ1) is 17.9. The molecule has 0 spiro atoms. The van der Waals surface area contributed by atoms with Gasteiger partial charge in [0.05, 0.1) is 24.3 Å². The number of pyridine rings is 1. The number of aromatic nitrogens is 1. The predicted octanol–water partition coefficient (Wildman–Crippen LogP) is 1.85. The van der Waals surface area contributed by atoms with Gasteiger partial charge in [0.2, 0.25) is 10.0 Å². The van der Waals surface area contributed by atoms with Crippen molar-refractivity contribution in [1.29, 1.82) is 0 Å². The average molecular weight is 393 g/mol. The van der Waals surface area contributed by atoms with Gasteiger partial charge >= 0.3 is 0 Å². The molecule has 2 heterocycles. The van der Waals surface area contributed by atoms with E-state index in [0.29, 0.717) is 31.3 Å². The highest BCUT2D eigenvalue weighted by Crippen LogP contribution is 2.40. The van der Waals surface area contributed by atoms with Gasteiger partial charge in [0.1, 0.15) is 4.90 Å². The van der Waals surface area contributed by atoms with Crippen molar-refractivity contribution in [2.45, 2.75) is 27.7 Å². The quantitative estimate of drug-likeness (QED) is 0.856. The van der Waals surface area contributed by atoms with Crippen LogP contribution in [0.4, 0.5) is 0 Å². The number of fused-ring (bicyclic) bond motifs is 1. The Balaban J connectivity index is 1.47. The number of benzene rings is 1. The molecule has 0 saturated carbocycles. The van der Waals surface area contributed by atoms with Crippen molar-refractivity contribution >= 4 is 21.8 Å². The van der Waals surface area contributed by atoms with Crippen LogP contribution in [0.15, 0.2) is 52.5 Å². The molecule has 0 radical (unpaired) electrons. The van der Waals surface area contributed by atoms with Crippen LogP contribution in [-0.2, 0) is 21.2 Å². The van der Waals surface area contributed by atoms with Crippen molar-refractivity contribution < 1.29 is 18.3 Å². The number of hydrogen-bond acceptors (Lipinski definition) is 6. The molecule has 0 amide bonds. The molecule has 6 nitrogen and oxygen atoms in total. The second-order valence-corrected chi connectivity index (χ2v) is 9.55. The van der Waals surface area contributed by atoms with Gasteiger partial charge in [-0.05, 0) is 29.7 Å². The molecule has 1 aliphatic carbocycles. The Morgan fingerprint density at radius 3 is 2.62 bits per heavy atom. The molecule has 26 heavy (non-hydrogen) atoms. The summed E-state index contributed by atoms with van der Waals surface area (Å²) in [5.74, 6) is 0. The van der Waals surface area contributed by atoms with Crippen molar-refractivity contribution in [2.24, 2.45) is 0 Å². The standard InChI is InChI=1S/C18H20N2O4S2/c21-18-15-4-2-1-3-13(15)11-16(18)25-17-6-5-14(12-19-17)26(22,23)20-7-9-24-10-8-20/h1-6,12,16,18,21H,7-11H2/t16-,18+/m0/s1. The Labute approximate surface area is 157 Å². The average Bonchev–Trinajstić information content (AvgIpc) is 2.99. The summed E-state index contributed by atoms with van der Waals surface area (Å²) >= 11 is 1.48. The van der Waals surface area contributed by atoms with E-state index in [9.17, 15) is 13.5 Å². The Bertz CT molecular complexity index is 880. The number of sulfonamides is 1. The third-order valence-corrected chi connectivity index (χ3v) is 7.83. The fourth-order valence-corrected chi connectivity index (χ4v) is 5.79. The van der Waals surface area contributed by atoms with E-state index in [1.165, 1.54) is 22.3 Å². The maximum atomic E-state index is 12.6. The molecule has 2 atom stereocenters. The van der Waals surface area contributed by atoms with Crippen LogP contribution in [0.25, 0.3) is 0 Å². The third kappa shape index (κ3) is 3.39. The summed E-state index contributed by atoms with van der Waals surface area (Å²) in [7, 11) is -3.53. The molecule has 1 aliphatic heterocycles. The SMILES string of the molecule is O=S(=O)(c1ccc(S[C@H]2Cc3ccccc3[C@H]2O)nc1)N1CCOCC1. The van der Waals surface area contributed by atoms with Crippen LogP contribution < -0.4 is 0 Å². The fraction of sp³-hybridized carbons (Fsp3) is 0.389. The van der Waals surface area contributed by atoms with Crippen molar-refractivity contribution in [2.75, 3.05) is 26.3 Å². The Hall–Kier alpha value is -1.45. The van der Waals surface area contributed by atoms with Gasteiger partial charge in [-0.15, -0.1) is 0 Å². The summed E-state index contributed by atoms with van der Waals surface area (Å²) in [4.78, 5) is 4.51. The number of nitrogens with zero attached hydrogens (tertiary/aromatic N) is 2. The topological polar surface area (TPSA) is 79.7 Å². The lowest BCUT2D eigenvalue weighted by molar-refractivity contribution is 0.0730. The summed E-state index contributed by atoms with van der Waals surface area (Å²) < 4.78 is 31.9. The molecule has 138 valence electrons. The molecule has 1 N–H and O–H groups in total. The summed E-state index contributed by atoms with van der Waals surface area (Å²) in [6.45, 7) is 1.57. The molecule has 8 heteroatoms. The lowest BCUT2D eigenvalue weighted by Gasteiger charge is -2.25. The summed E-state index contributed by atoms with van der Waals surface area (Å²) in [5.41, 5.74) is 2.13. The number of hydrogen-bond donors (Lipinski definition) is 1. The molecular weight excluding hydrogens is 372 g/mol. The molecule has 1 fully saturated rings. The third-order valence-electron chi connectivity index (χ3n) is 4.74. The molecule has 1 aromatic heterocycles. The smallest absolute Gasteiger partial charge is 0.244 e. The van der Waals surface area contributed by atoms with Gasteiger partial charge in [-0.1, -0.05) is 36.0 Å². The molecule has 0 unspecified atom stereocenters. The normalized spacial score (nSPS) is 23.7. The van der Waals surface area contributed by atoms with Crippen molar-refractivity contribution in [3.8, 4) is 0 Å². The van der Waals surface area contributed by atoms with Crippen LogP contribution in [0.2, 0.25) is 0 Å². The number of aliphatic hydroxyl groups excluding tert-OH is 1. The number of morpholine rings is 1. The molecule has 1 saturated heterocycles. The Morgan fingerprint density at radius 2 is 1.92 bits per heavy atom. The number of rotatable bonds is 4. The minimum atomic E-state index is -3.53. The van der Waals surface area contributed by atoms with Crippen LogP contribution in [0.5, 0.6) is 0 Å². The Morgan fingerprint density at radius 1 is 1.15 bits per heavy atom. The summed E-state index contributed by atoms with van der Waals surface area (Å²) in [6, 6.07) is 11.2. The maximum Gasteiger partial charge on any atom is 0.244 e. The van der Waals surface area contributed by atoms with Crippen molar-refractivity contribution in [3.63, 3.8) is 0 Å². The van der Waals surface area contributed by atoms with Gasteiger partial charge in [0.25, 0.3) is 0 Å². The molecule has 4 rings (SSSR count). The van der Waals surface area contributed by atoms with Crippen LogP contribution in [0, 0.1) is 0 Å². The highest BCUT2D eigenvalue weighted by Gasteiger charge is 2.32. The zero-order valence-corrected chi connectivity index (χ0v) is 15.7. The molecule has 2 aromatic rings. The van der Waals surface area contributed by atoms with E-state index in [2.05, 4.69) is 4.98 Å². The molecular formula is C18H20N2O4S2. The molecule has 1 aromatic carbocycles. The highest BCUT2D eigenvalue weighted by atomic mass is 32.2. The first-order valence-corrected chi connectivity index (χ1v) is 10.8. The first-order valence-electron chi connectivity index (χ1n) is 8.52. The second kappa shape index (κ2) is 7.28. The largest absolute Gasteiger partial charge is 0.387 e. The van der Waals surface area contributed by atoms with Gasteiger partial charge < -0.3 is 9.84 Å². The predicted molar refractivity (Wildman–Crippen MR) is 98.6 cm³/mol. The first-order chi connectivity index (χ1) is 12.6. The van der Waals surface area contributed by atoms with E-state index in [-0.39, 0.29) is 10.1 Å². The van der Waals surface area contributed by atoms with E-state index in [0.717, 1.165) is 17.5 Å². The number of thioether (sulfide) groups is 1. The van der Waals surface area contributed by atoms with E-state index in [1.807, 2.05) is 24.3 Å². The summed E-state index contributed by atoms with van der Waals surface area (Å²) in [5, 5.41) is 11.2. The van der Waals surface area contributed by atoms with Gasteiger partial charge in [-0.2, -0.15) is 4.31 Å². The van der Waals surface area contributed by atoms with E-state index < -0.39 is 16.1 Å². The minimum Gasteiger partial charge on any atom is -0.387 e. The lowest BCUT2D eigenvalue weighted by Crippen LogP contribution is -2.40. The van der Waals surface area contributed by atoms with Gasteiger partial charge in [0, 0.05) is 24.5 Å². The van der Waals surface area contributed by atoms with E-state index in [1.54, 1.807) is 12.1 Å². The van der Waals surface area contributed by atoms with Crippen LogP contribution >= 0.6 is 11.8 Å². The number of ether oxygens (including phenoxy) is 1. The van der Waals surface area contributed by atoms with Crippen molar-refractivity contribution in [3.05, 3.63) is 53.7 Å². The fourth-order valence-electron chi connectivity index (χ4n) is 3.32. The minimum absolute atomic E-state index is 0.0124. The van der Waals surface area contributed by atoms with E-state index in [4.69, 9.17) is 4.74 Å². The van der Waals surface area contributed by atoms with Gasteiger partial charge in [-0.25, -0.2) is 13.4 Å². The zero-order valence-electron chi connectivity index (χ0n) is 14.1. The second-order valence-electron chi connectivity index (χ2n) is 6.35. The van der Waals surface area contributed by atoms with Crippen LogP contribution in [-0.4, -0.2) is 54.4 Å². The van der Waals surface area contributed by atoms with Gasteiger partial charge in [-0.3, -0.25) is 0 Å². The van der Waals surface area contributed by atoms with E-state index >= 15 is 0 Å². The maximum absolute atomic E-state index is 12.6.